The van der Waals surface area contributed by atoms with Crippen LogP contribution in [-0.2, 0) is 0 Å². The standard InChI is InChI=1S/C7H10F5N/c1-4(8)6(9)2-5(3-13)7(10,11)12/h2,4-5H,3,13H2,1H3/b6-2+. The third-order valence-electron chi connectivity index (χ3n) is 1.41. The van der Waals surface area contributed by atoms with Crippen molar-refractivity contribution >= 4 is 0 Å². The van der Waals surface area contributed by atoms with Crippen LogP contribution in [0.2, 0.25) is 0 Å². The van der Waals surface area contributed by atoms with Crippen LogP contribution < -0.4 is 5.73 Å². The molecule has 2 atom stereocenters. The van der Waals surface area contributed by atoms with E-state index in [0.29, 0.717) is 0 Å². The van der Waals surface area contributed by atoms with E-state index in [1.807, 2.05) is 0 Å². The molecule has 2 N–H and O–H groups in total. The van der Waals surface area contributed by atoms with Gasteiger partial charge in [-0.3, -0.25) is 0 Å². The molecule has 2 unspecified atom stereocenters. The summed E-state index contributed by atoms with van der Waals surface area (Å²) >= 11 is 0. The highest BCUT2D eigenvalue weighted by molar-refractivity contribution is 5.02. The van der Waals surface area contributed by atoms with Gasteiger partial charge in [-0.1, -0.05) is 0 Å². The number of halogens is 5. The SMILES string of the molecule is CC(F)/C(F)=C\C(CN)C(F)(F)F. The molecule has 0 aliphatic heterocycles. The van der Waals surface area contributed by atoms with Crippen molar-refractivity contribution in [1.29, 1.82) is 0 Å². The van der Waals surface area contributed by atoms with Crippen molar-refractivity contribution in [2.24, 2.45) is 11.7 Å². The van der Waals surface area contributed by atoms with Crippen LogP contribution in [0, 0.1) is 5.92 Å². The molecular formula is C7H10F5N. The molecule has 0 amide bonds. The lowest BCUT2D eigenvalue weighted by Crippen LogP contribution is -2.29. The molecule has 0 radical (unpaired) electrons. The van der Waals surface area contributed by atoms with Gasteiger partial charge in [-0.05, 0) is 13.0 Å². The lowest BCUT2D eigenvalue weighted by atomic mass is 10.1. The number of nitrogens with two attached hydrogens (primary N) is 1. The minimum Gasteiger partial charge on any atom is -0.330 e. The van der Waals surface area contributed by atoms with Crippen molar-refractivity contribution in [3.8, 4) is 0 Å². The van der Waals surface area contributed by atoms with Gasteiger partial charge in [0.2, 0.25) is 0 Å². The van der Waals surface area contributed by atoms with E-state index in [2.05, 4.69) is 0 Å². The van der Waals surface area contributed by atoms with Gasteiger partial charge in [0.25, 0.3) is 0 Å². The number of hydrogen-bond acceptors (Lipinski definition) is 1. The monoisotopic (exact) mass is 203 g/mol. The van der Waals surface area contributed by atoms with Gasteiger partial charge in [0.05, 0.1) is 5.92 Å². The van der Waals surface area contributed by atoms with Crippen molar-refractivity contribution in [3.63, 3.8) is 0 Å². The molecule has 0 aromatic carbocycles. The Balaban J connectivity index is 4.54. The normalized spacial score (nSPS) is 18.5. The molecule has 0 aromatic heterocycles. The van der Waals surface area contributed by atoms with Crippen LogP contribution in [0.1, 0.15) is 6.92 Å². The van der Waals surface area contributed by atoms with Crippen LogP contribution in [0.4, 0.5) is 22.0 Å². The number of alkyl halides is 4. The van der Waals surface area contributed by atoms with E-state index < -0.39 is 30.6 Å². The summed E-state index contributed by atoms with van der Waals surface area (Å²) in [6.45, 7) is 0.0272. The van der Waals surface area contributed by atoms with Crippen molar-refractivity contribution < 1.29 is 22.0 Å². The Morgan fingerprint density at radius 1 is 1.46 bits per heavy atom. The molecule has 0 saturated carbocycles. The molecule has 78 valence electrons. The fourth-order valence-corrected chi connectivity index (χ4v) is 0.621. The summed E-state index contributed by atoms with van der Waals surface area (Å²) in [6, 6.07) is 0. The molecule has 0 fully saturated rings. The molecule has 0 aliphatic rings. The molecule has 1 nitrogen and oxygen atoms in total. The quantitative estimate of drug-likeness (QED) is 0.700. The van der Waals surface area contributed by atoms with Gasteiger partial charge in [-0.15, -0.1) is 0 Å². The van der Waals surface area contributed by atoms with E-state index in [1.54, 1.807) is 0 Å². The van der Waals surface area contributed by atoms with Crippen molar-refractivity contribution in [1.82, 2.24) is 0 Å². The summed E-state index contributed by atoms with van der Waals surface area (Å²) in [6.07, 6.45) is -6.48. The van der Waals surface area contributed by atoms with Crippen LogP contribution in [-0.4, -0.2) is 18.9 Å². The van der Waals surface area contributed by atoms with Crippen molar-refractivity contribution in [2.45, 2.75) is 19.3 Å². The molecule has 0 spiro atoms. The van der Waals surface area contributed by atoms with Gasteiger partial charge in [-0.25, -0.2) is 8.78 Å². The molecule has 13 heavy (non-hydrogen) atoms. The van der Waals surface area contributed by atoms with Crippen LogP contribution in [0.15, 0.2) is 11.9 Å². The number of hydrogen-bond donors (Lipinski definition) is 1. The fourth-order valence-electron chi connectivity index (χ4n) is 0.621. The number of rotatable bonds is 3. The van der Waals surface area contributed by atoms with Gasteiger partial charge in [0.15, 0.2) is 0 Å². The van der Waals surface area contributed by atoms with Crippen LogP contribution >= 0.6 is 0 Å². The molecule has 0 heterocycles. The average molecular weight is 203 g/mol. The molecule has 0 bridgehead atoms. The molecule has 0 rings (SSSR count). The topological polar surface area (TPSA) is 26.0 Å². The van der Waals surface area contributed by atoms with E-state index >= 15 is 0 Å². The molecule has 0 aromatic rings. The van der Waals surface area contributed by atoms with E-state index in [1.165, 1.54) is 0 Å². The zero-order chi connectivity index (χ0) is 10.6. The Morgan fingerprint density at radius 3 is 2.15 bits per heavy atom. The summed E-state index contributed by atoms with van der Waals surface area (Å²) in [5.74, 6) is -3.56. The molecule has 6 heteroatoms. The van der Waals surface area contributed by atoms with E-state index in [4.69, 9.17) is 5.73 Å². The summed E-state index contributed by atoms with van der Waals surface area (Å²) in [5, 5.41) is 0. The van der Waals surface area contributed by atoms with E-state index in [9.17, 15) is 22.0 Å². The second kappa shape index (κ2) is 4.55. The largest absolute Gasteiger partial charge is 0.396 e. The Bertz CT molecular complexity index is 184. The Morgan fingerprint density at radius 2 is 1.92 bits per heavy atom. The van der Waals surface area contributed by atoms with Gasteiger partial charge < -0.3 is 5.73 Å². The first kappa shape index (κ1) is 12.3. The fraction of sp³-hybridized carbons (Fsp3) is 0.714. The summed E-state index contributed by atoms with van der Waals surface area (Å²) in [5.41, 5.74) is 4.75. The van der Waals surface area contributed by atoms with Crippen molar-refractivity contribution in [2.75, 3.05) is 6.54 Å². The minimum absolute atomic E-state index is 0.171. The van der Waals surface area contributed by atoms with Gasteiger partial charge >= 0.3 is 6.18 Å². The summed E-state index contributed by atoms with van der Waals surface area (Å²) in [4.78, 5) is 0. The van der Waals surface area contributed by atoms with Gasteiger partial charge in [0, 0.05) is 6.54 Å². The smallest absolute Gasteiger partial charge is 0.330 e. The predicted octanol–water partition coefficient (Wildman–Crippen LogP) is 2.33. The molecular weight excluding hydrogens is 193 g/mol. The van der Waals surface area contributed by atoms with Crippen LogP contribution in [0.25, 0.3) is 0 Å². The first-order valence-electron chi connectivity index (χ1n) is 3.57. The number of allylic oxidation sites excluding steroid dienone is 1. The van der Waals surface area contributed by atoms with Gasteiger partial charge in [-0.2, -0.15) is 13.2 Å². The zero-order valence-corrected chi connectivity index (χ0v) is 6.91. The summed E-state index contributed by atoms with van der Waals surface area (Å²) in [7, 11) is 0. The predicted molar refractivity (Wildman–Crippen MR) is 38.4 cm³/mol. The van der Waals surface area contributed by atoms with E-state index in [0.717, 1.165) is 6.92 Å². The second-order valence-corrected chi connectivity index (χ2v) is 2.55. The van der Waals surface area contributed by atoms with Gasteiger partial charge in [0.1, 0.15) is 12.0 Å². The third-order valence-corrected chi connectivity index (χ3v) is 1.41. The van der Waals surface area contributed by atoms with Crippen LogP contribution in [0.3, 0.4) is 0 Å². The Kier molecular flexibility index (Phi) is 4.32. The highest BCUT2D eigenvalue weighted by Gasteiger charge is 2.37. The van der Waals surface area contributed by atoms with Crippen molar-refractivity contribution in [3.05, 3.63) is 11.9 Å². The zero-order valence-electron chi connectivity index (χ0n) is 6.91. The Labute approximate surface area is 72.4 Å². The maximum absolute atomic E-state index is 12.4. The second-order valence-electron chi connectivity index (χ2n) is 2.55. The first-order valence-corrected chi connectivity index (χ1v) is 3.57. The third kappa shape index (κ3) is 4.21. The average Bonchev–Trinajstić information content (AvgIpc) is 1.96. The lowest BCUT2D eigenvalue weighted by Gasteiger charge is -2.14. The maximum atomic E-state index is 12.4. The van der Waals surface area contributed by atoms with E-state index in [-0.39, 0.29) is 6.08 Å². The lowest BCUT2D eigenvalue weighted by molar-refractivity contribution is -0.158. The molecule has 0 saturated heterocycles. The highest BCUT2D eigenvalue weighted by atomic mass is 19.4. The highest BCUT2D eigenvalue weighted by Crippen LogP contribution is 2.28. The minimum atomic E-state index is -4.62. The summed E-state index contributed by atoms with van der Waals surface area (Å²) < 4.78 is 60.3. The Hall–Kier alpha value is -0.650. The van der Waals surface area contributed by atoms with Crippen LogP contribution in [0.5, 0.6) is 0 Å². The molecule has 0 aliphatic carbocycles. The first-order chi connectivity index (χ1) is 5.79. The maximum Gasteiger partial charge on any atom is 0.396 e.